The highest BCUT2D eigenvalue weighted by molar-refractivity contribution is 5.17. The van der Waals surface area contributed by atoms with Crippen molar-refractivity contribution in [2.45, 2.75) is 47.2 Å². The fourth-order valence-corrected chi connectivity index (χ4v) is 2.18. The van der Waals surface area contributed by atoms with E-state index in [1.807, 2.05) is 0 Å². The summed E-state index contributed by atoms with van der Waals surface area (Å²) in [7, 11) is 0. The maximum absolute atomic E-state index is 2.28. The van der Waals surface area contributed by atoms with Gasteiger partial charge in [-0.2, -0.15) is 0 Å². The topological polar surface area (TPSA) is 7.76 Å². The first kappa shape index (κ1) is 13.7. The summed E-state index contributed by atoms with van der Waals surface area (Å²) in [5, 5.41) is 0. The molecule has 0 atom stereocenters. The Kier molecular flexibility index (Phi) is 4.31. The molecular weight excluding hydrogens is 232 g/mol. The monoisotopic (exact) mass is 256 g/mol. The number of pyridine rings is 2. The van der Waals surface area contributed by atoms with Crippen LogP contribution in [0.15, 0.2) is 36.9 Å². The minimum absolute atomic E-state index is 1.07. The summed E-state index contributed by atoms with van der Waals surface area (Å²) in [5.41, 5.74) is 5.45. The zero-order valence-corrected chi connectivity index (χ0v) is 12.5. The van der Waals surface area contributed by atoms with Gasteiger partial charge >= 0.3 is 0 Å². The van der Waals surface area contributed by atoms with E-state index in [0.29, 0.717) is 0 Å². The molecule has 0 aliphatic heterocycles. The van der Waals surface area contributed by atoms with E-state index in [4.69, 9.17) is 0 Å². The van der Waals surface area contributed by atoms with Crippen LogP contribution in [0.25, 0.3) is 0 Å². The normalized spacial score (nSPS) is 10.7. The molecule has 19 heavy (non-hydrogen) atoms. The summed E-state index contributed by atoms with van der Waals surface area (Å²) in [6.07, 6.45) is 9.97. The average molecular weight is 256 g/mol. The number of hydrogen-bond donors (Lipinski definition) is 0. The first-order chi connectivity index (χ1) is 9.06. The quantitative estimate of drug-likeness (QED) is 0.743. The van der Waals surface area contributed by atoms with Crippen molar-refractivity contribution in [1.29, 1.82) is 0 Å². The summed E-state index contributed by atoms with van der Waals surface area (Å²) in [4.78, 5) is 0. The van der Waals surface area contributed by atoms with Crippen LogP contribution in [0.5, 0.6) is 0 Å². The summed E-state index contributed by atoms with van der Waals surface area (Å²) < 4.78 is 4.56. The molecule has 2 heteroatoms. The minimum Gasteiger partial charge on any atom is -0.205 e. The standard InChI is InChI=1S/C17H24N2/c1-14-6-10-18(12-16(14)3)8-5-9-19-11-7-15(2)17(4)13-19/h6-7,10-13H,5,8-9H2,1-4H3/q+2. The van der Waals surface area contributed by atoms with Crippen molar-refractivity contribution in [3.8, 4) is 0 Å². The summed E-state index contributed by atoms with van der Waals surface area (Å²) >= 11 is 0. The largest absolute Gasteiger partial charge is 0.205 e. The number of nitrogens with zero attached hydrogens (tertiary/aromatic N) is 2. The molecule has 0 N–H and O–H groups in total. The van der Waals surface area contributed by atoms with Gasteiger partial charge in [-0.05, 0) is 38.8 Å². The third-order valence-electron chi connectivity index (χ3n) is 3.83. The first-order valence-electron chi connectivity index (χ1n) is 6.99. The van der Waals surface area contributed by atoms with Crippen molar-refractivity contribution in [2.75, 3.05) is 0 Å². The molecule has 0 amide bonds. The Morgan fingerprint density at radius 3 is 1.47 bits per heavy atom. The number of hydrogen-bond acceptors (Lipinski definition) is 0. The molecule has 2 aromatic heterocycles. The van der Waals surface area contributed by atoms with Gasteiger partial charge in [0.25, 0.3) is 0 Å². The van der Waals surface area contributed by atoms with Gasteiger partial charge in [-0.25, -0.2) is 9.13 Å². The van der Waals surface area contributed by atoms with Crippen LogP contribution < -0.4 is 9.13 Å². The molecule has 2 rings (SSSR count). The third kappa shape index (κ3) is 3.63. The van der Waals surface area contributed by atoms with Gasteiger partial charge in [-0.3, -0.25) is 0 Å². The van der Waals surface area contributed by atoms with Crippen molar-refractivity contribution in [3.63, 3.8) is 0 Å². The van der Waals surface area contributed by atoms with Crippen molar-refractivity contribution >= 4 is 0 Å². The molecule has 0 spiro atoms. The highest BCUT2D eigenvalue weighted by Crippen LogP contribution is 2.02. The smallest absolute Gasteiger partial charge is 0.171 e. The maximum Gasteiger partial charge on any atom is 0.171 e. The van der Waals surface area contributed by atoms with E-state index in [0.717, 1.165) is 19.5 Å². The van der Waals surface area contributed by atoms with Crippen molar-refractivity contribution in [2.24, 2.45) is 0 Å². The van der Waals surface area contributed by atoms with Gasteiger partial charge in [0.1, 0.15) is 0 Å². The molecule has 2 nitrogen and oxygen atoms in total. The van der Waals surface area contributed by atoms with E-state index in [1.54, 1.807) is 0 Å². The molecular formula is C17H24N2+2. The van der Waals surface area contributed by atoms with Crippen LogP contribution >= 0.6 is 0 Å². The van der Waals surface area contributed by atoms with Crippen LogP contribution in [0.1, 0.15) is 28.7 Å². The minimum atomic E-state index is 1.07. The Balaban J connectivity index is 1.92. The van der Waals surface area contributed by atoms with Crippen LogP contribution in [0.4, 0.5) is 0 Å². The lowest BCUT2D eigenvalue weighted by Gasteiger charge is -2.01. The summed E-state index contributed by atoms with van der Waals surface area (Å²) in [6.45, 7) is 10.8. The van der Waals surface area contributed by atoms with Gasteiger partial charge in [0.15, 0.2) is 37.9 Å². The lowest BCUT2D eigenvalue weighted by atomic mass is 10.2. The van der Waals surface area contributed by atoms with Crippen LogP contribution in [0, 0.1) is 27.7 Å². The Morgan fingerprint density at radius 1 is 0.684 bits per heavy atom. The number of aromatic nitrogens is 2. The van der Waals surface area contributed by atoms with Gasteiger partial charge in [0, 0.05) is 23.3 Å². The Bertz CT molecular complexity index is 522. The van der Waals surface area contributed by atoms with E-state index >= 15 is 0 Å². The Hall–Kier alpha value is -1.70. The van der Waals surface area contributed by atoms with Crippen molar-refractivity contribution in [3.05, 3.63) is 59.2 Å². The van der Waals surface area contributed by atoms with Crippen molar-refractivity contribution in [1.82, 2.24) is 0 Å². The number of aryl methyl sites for hydroxylation is 6. The molecule has 2 aromatic rings. The molecule has 0 aliphatic carbocycles. The van der Waals surface area contributed by atoms with E-state index in [1.165, 1.54) is 22.3 Å². The van der Waals surface area contributed by atoms with Crippen LogP contribution in [0.2, 0.25) is 0 Å². The van der Waals surface area contributed by atoms with E-state index < -0.39 is 0 Å². The second-order valence-electron chi connectivity index (χ2n) is 5.45. The molecule has 0 fully saturated rings. The SMILES string of the molecule is Cc1cc[n+](CCC[n+]2ccc(C)c(C)c2)cc1C. The molecule has 0 radical (unpaired) electrons. The molecule has 0 aromatic carbocycles. The van der Waals surface area contributed by atoms with Crippen LogP contribution in [0.3, 0.4) is 0 Å². The lowest BCUT2D eigenvalue weighted by Crippen LogP contribution is -2.39. The molecule has 0 unspecified atom stereocenters. The maximum atomic E-state index is 2.28. The predicted molar refractivity (Wildman–Crippen MR) is 76.8 cm³/mol. The van der Waals surface area contributed by atoms with E-state index in [2.05, 4.69) is 73.7 Å². The van der Waals surface area contributed by atoms with Crippen LogP contribution in [-0.2, 0) is 13.1 Å². The average Bonchev–Trinajstić information content (AvgIpc) is 2.38. The Labute approximate surface area is 116 Å². The van der Waals surface area contributed by atoms with E-state index in [9.17, 15) is 0 Å². The third-order valence-corrected chi connectivity index (χ3v) is 3.83. The lowest BCUT2D eigenvalue weighted by molar-refractivity contribution is -0.727. The molecule has 0 aliphatic rings. The first-order valence-corrected chi connectivity index (χ1v) is 6.99. The molecule has 0 saturated heterocycles. The highest BCUT2D eigenvalue weighted by atomic mass is 15.0. The second kappa shape index (κ2) is 5.96. The summed E-state index contributed by atoms with van der Waals surface area (Å²) in [6, 6.07) is 4.39. The van der Waals surface area contributed by atoms with Crippen LogP contribution in [-0.4, -0.2) is 0 Å². The zero-order chi connectivity index (χ0) is 13.8. The van der Waals surface area contributed by atoms with Crippen molar-refractivity contribution < 1.29 is 9.13 Å². The Morgan fingerprint density at radius 2 is 1.11 bits per heavy atom. The molecule has 0 saturated carbocycles. The van der Waals surface area contributed by atoms with E-state index in [-0.39, 0.29) is 0 Å². The van der Waals surface area contributed by atoms with Gasteiger partial charge in [0.2, 0.25) is 0 Å². The van der Waals surface area contributed by atoms with Gasteiger partial charge in [0.05, 0.1) is 6.42 Å². The fourth-order valence-electron chi connectivity index (χ4n) is 2.18. The van der Waals surface area contributed by atoms with Gasteiger partial charge in [-0.1, -0.05) is 0 Å². The van der Waals surface area contributed by atoms with Gasteiger partial charge < -0.3 is 0 Å². The zero-order valence-electron chi connectivity index (χ0n) is 12.5. The van der Waals surface area contributed by atoms with Gasteiger partial charge in [-0.15, -0.1) is 0 Å². The predicted octanol–water partition coefficient (Wildman–Crippen LogP) is 2.59. The fraction of sp³-hybridized carbons (Fsp3) is 0.412. The second-order valence-corrected chi connectivity index (χ2v) is 5.45. The molecule has 2 heterocycles. The highest BCUT2D eigenvalue weighted by Gasteiger charge is 2.07. The number of rotatable bonds is 4. The summed E-state index contributed by atoms with van der Waals surface area (Å²) in [5.74, 6) is 0. The molecule has 100 valence electrons. The molecule has 0 bridgehead atoms.